The Morgan fingerprint density at radius 3 is 2.68 bits per heavy atom. The first-order valence-electron chi connectivity index (χ1n) is 10.3. The highest BCUT2D eigenvalue weighted by Gasteiger charge is 2.34. The number of nitrogens with one attached hydrogen (secondary N) is 2. The third kappa shape index (κ3) is 6.09. The minimum atomic E-state index is -4.44. The molecule has 11 heteroatoms. The standard InChI is InChI=1S/C20H28F3N7O/c1-3-18-28-27-14-30(18)7-6-25-19(24-2)26-13-15-4-5-16(12-17(15)20(21,22)23)29-8-10-31-11-9-29/h4-5,12,14H,3,6-11,13H2,1-2H3,(H2,24,25,26). The second-order valence-electron chi connectivity index (χ2n) is 7.09. The van der Waals surface area contributed by atoms with E-state index in [1.165, 1.54) is 12.1 Å². The van der Waals surface area contributed by atoms with Crippen molar-refractivity contribution in [2.45, 2.75) is 32.6 Å². The first kappa shape index (κ1) is 22.9. The normalized spacial score (nSPS) is 15.3. The molecule has 31 heavy (non-hydrogen) atoms. The Kier molecular flexibility index (Phi) is 7.72. The van der Waals surface area contributed by atoms with Crippen molar-refractivity contribution in [3.05, 3.63) is 41.5 Å². The molecule has 8 nitrogen and oxygen atoms in total. The maximum atomic E-state index is 13.7. The first-order chi connectivity index (χ1) is 14.9. The number of anilines is 1. The quantitative estimate of drug-likeness (QED) is 0.508. The van der Waals surface area contributed by atoms with Gasteiger partial charge in [0.1, 0.15) is 12.2 Å². The fraction of sp³-hybridized carbons (Fsp3) is 0.550. The number of halogens is 3. The predicted molar refractivity (Wildman–Crippen MR) is 112 cm³/mol. The summed E-state index contributed by atoms with van der Waals surface area (Å²) in [5, 5.41) is 14.0. The van der Waals surface area contributed by atoms with Crippen LogP contribution in [0.2, 0.25) is 0 Å². The van der Waals surface area contributed by atoms with Crippen molar-refractivity contribution in [1.29, 1.82) is 0 Å². The maximum Gasteiger partial charge on any atom is 0.416 e. The van der Waals surface area contributed by atoms with Crippen LogP contribution in [0.25, 0.3) is 0 Å². The van der Waals surface area contributed by atoms with Crippen molar-refractivity contribution < 1.29 is 17.9 Å². The molecule has 1 saturated heterocycles. The van der Waals surface area contributed by atoms with Crippen molar-refractivity contribution in [3.63, 3.8) is 0 Å². The highest BCUT2D eigenvalue weighted by molar-refractivity contribution is 5.79. The van der Waals surface area contributed by atoms with Crippen LogP contribution in [0.5, 0.6) is 0 Å². The van der Waals surface area contributed by atoms with Crippen LogP contribution in [-0.4, -0.2) is 60.6 Å². The second kappa shape index (κ2) is 10.5. The van der Waals surface area contributed by atoms with Crippen LogP contribution in [0, 0.1) is 0 Å². The lowest BCUT2D eigenvalue weighted by Gasteiger charge is -2.29. The summed E-state index contributed by atoms with van der Waals surface area (Å²) >= 11 is 0. The third-order valence-corrected chi connectivity index (χ3v) is 5.10. The number of aromatic nitrogens is 3. The summed E-state index contributed by atoms with van der Waals surface area (Å²) in [5.74, 6) is 1.30. The molecule has 1 aromatic heterocycles. The number of guanidine groups is 1. The molecular weight excluding hydrogens is 411 g/mol. The number of aryl methyl sites for hydroxylation is 1. The smallest absolute Gasteiger partial charge is 0.378 e. The molecule has 0 unspecified atom stereocenters. The lowest BCUT2D eigenvalue weighted by molar-refractivity contribution is -0.138. The van der Waals surface area contributed by atoms with E-state index in [1.54, 1.807) is 19.4 Å². The third-order valence-electron chi connectivity index (χ3n) is 5.10. The van der Waals surface area contributed by atoms with E-state index >= 15 is 0 Å². The van der Waals surface area contributed by atoms with Gasteiger partial charge in [0.15, 0.2) is 5.96 Å². The lowest BCUT2D eigenvalue weighted by atomic mass is 10.0. The van der Waals surface area contributed by atoms with Gasteiger partial charge in [-0.3, -0.25) is 4.99 Å². The van der Waals surface area contributed by atoms with Crippen molar-refractivity contribution in [1.82, 2.24) is 25.4 Å². The van der Waals surface area contributed by atoms with Crippen LogP contribution in [-0.2, 0) is 30.4 Å². The van der Waals surface area contributed by atoms with E-state index in [4.69, 9.17) is 4.74 Å². The number of hydrogen-bond acceptors (Lipinski definition) is 5. The second-order valence-corrected chi connectivity index (χ2v) is 7.09. The van der Waals surface area contributed by atoms with Gasteiger partial charge in [-0.1, -0.05) is 13.0 Å². The first-order valence-corrected chi connectivity index (χ1v) is 10.3. The molecular formula is C20H28F3N7O. The van der Waals surface area contributed by atoms with Gasteiger partial charge in [0, 0.05) is 51.9 Å². The zero-order valence-electron chi connectivity index (χ0n) is 17.7. The minimum Gasteiger partial charge on any atom is -0.378 e. The highest BCUT2D eigenvalue weighted by Crippen LogP contribution is 2.35. The Balaban J connectivity index is 1.62. The van der Waals surface area contributed by atoms with E-state index < -0.39 is 11.7 Å². The van der Waals surface area contributed by atoms with Crippen LogP contribution in [0.3, 0.4) is 0 Å². The Labute approximate surface area is 179 Å². The van der Waals surface area contributed by atoms with Gasteiger partial charge in [-0.2, -0.15) is 13.2 Å². The number of hydrogen-bond donors (Lipinski definition) is 2. The van der Waals surface area contributed by atoms with Gasteiger partial charge in [0.2, 0.25) is 0 Å². The summed E-state index contributed by atoms with van der Waals surface area (Å²) in [6, 6.07) is 4.47. The number of aliphatic imine (C=N–C) groups is 1. The molecule has 0 aliphatic carbocycles. The minimum absolute atomic E-state index is 0.00471. The summed E-state index contributed by atoms with van der Waals surface area (Å²) in [6.45, 7) is 5.35. The Hall–Kier alpha value is -2.82. The van der Waals surface area contributed by atoms with Gasteiger partial charge in [-0.05, 0) is 17.7 Å². The fourth-order valence-corrected chi connectivity index (χ4v) is 3.43. The monoisotopic (exact) mass is 439 g/mol. The highest BCUT2D eigenvalue weighted by atomic mass is 19.4. The number of nitrogens with zero attached hydrogens (tertiary/aromatic N) is 5. The molecule has 0 amide bonds. The molecule has 0 saturated carbocycles. The number of rotatable bonds is 7. The SMILES string of the molecule is CCc1nncn1CCNC(=NC)NCc1ccc(N2CCOCC2)cc1C(F)(F)F. The van der Waals surface area contributed by atoms with E-state index in [2.05, 4.69) is 25.8 Å². The topological polar surface area (TPSA) is 79.6 Å². The largest absolute Gasteiger partial charge is 0.416 e. The summed E-state index contributed by atoms with van der Waals surface area (Å²) in [4.78, 5) is 6.01. The summed E-state index contributed by atoms with van der Waals surface area (Å²) in [5.41, 5.74) is 0.0820. The van der Waals surface area contributed by atoms with Gasteiger partial charge in [-0.25, -0.2) is 0 Å². The molecule has 2 N–H and O–H groups in total. The zero-order chi connectivity index (χ0) is 22.3. The molecule has 0 atom stereocenters. The number of morpholine rings is 1. The maximum absolute atomic E-state index is 13.7. The molecule has 170 valence electrons. The molecule has 0 bridgehead atoms. The van der Waals surface area contributed by atoms with E-state index in [1.807, 2.05) is 16.4 Å². The van der Waals surface area contributed by atoms with Crippen LogP contribution in [0.1, 0.15) is 23.9 Å². The van der Waals surface area contributed by atoms with Gasteiger partial charge in [-0.15, -0.1) is 10.2 Å². The van der Waals surface area contributed by atoms with Crippen LogP contribution >= 0.6 is 0 Å². The fourth-order valence-electron chi connectivity index (χ4n) is 3.43. The van der Waals surface area contributed by atoms with E-state index in [-0.39, 0.29) is 12.1 Å². The van der Waals surface area contributed by atoms with Gasteiger partial charge in [0.25, 0.3) is 0 Å². The average molecular weight is 439 g/mol. The van der Waals surface area contributed by atoms with Crippen molar-refractivity contribution in [3.8, 4) is 0 Å². The lowest BCUT2D eigenvalue weighted by Crippen LogP contribution is -2.39. The van der Waals surface area contributed by atoms with Crippen LogP contribution in [0.15, 0.2) is 29.5 Å². The van der Waals surface area contributed by atoms with Crippen molar-refractivity contribution >= 4 is 11.6 Å². The molecule has 2 heterocycles. The summed E-state index contributed by atoms with van der Waals surface area (Å²) in [6.07, 6.45) is -2.02. The molecule has 3 rings (SSSR count). The van der Waals surface area contributed by atoms with Crippen LogP contribution < -0.4 is 15.5 Å². The molecule has 0 radical (unpaired) electrons. The molecule has 1 aromatic carbocycles. The average Bonchev–Trinajstić information content (AvgIpc) is 3.23. The number of alkyl halides is 3. The molecule has 1 aliphatic heterocycles. The Bertz CT molecular complexity index is 876. The summed E-state index contributed by atoms with van der Waals surface area (Å²) in [7, 11) is 1.58. The Morgan fingerprint density at radius 2 is 2.00 bits per heavy atom. The molecule has 2 aromatic rings. The van der Waals surface area contributed by atoms with Gasteiger partial charge < -0.3 is 24.8 Å². The zero-order valence-corrected chi connectivity index (χ0v) is 17.7. The van der Waals surface area contributed by atoms with Gasteiger partial charge >= 0.3 is 6.18 Å². The summed E-state index contributed by atoms with van der Waals surface area (Å²) < 4.78 is 48.3. The van der Waals surface area contributed by atoms with E-state index in [0.29, 0.717) is 51.0 Å². The van der Waals surface area contributed by atoms with Crippen molar-refractivity contribution in [2.75, 3.05) is 44.8 Å². The van der Waals surface area contributed by atoms with Crippen LogP contribution in [0.4, 0.5) is 18.9 Å². The predicted octanol–water partition coefficient (Wildman–Crippen LogP) is 2.06. The number of benzene rings is 1. The van der Waals surface area contributed by atoms with Crippen molar-refractivity contribution in [2.24, 2.45) is 4.99 Å². The number of ether oxygens (including phenoxy) is 1. The molecule has 1 aliphatic rings. The Morgan fingerprint density at radius 1 is 1.23 bits per heavy atom. The van der Waals surface area contributed by atoms with E-state index in [0.717, 1.165) is 12.2 Å². The van der Waals surface area contributed by atoms with E-state index in [9.17, 15) is 13.2 Å². The molecule has 0 spiro atoms. The molecule has 1 fully saturated rings. The van der Waals surface area contributed by atoms with Gasteiger partial charge in [0.05, 0.1) is 18.8 Å².